The van der Waals surface area contributed by atoms with Gasteiger partial charge in [0, 0.05) is 32.7 Å². The number of urea groups is 1. The first-order valence-corrected chi connectivity index (χ1v) is 9.31. The molecule has 3 saturated heterocycles. The van der Waals surface area contributed by atoms with Crippen molar-refractivity contribution in [2.75, 3.05) is 26.2 Å². The molecule has 0 saturated carbocycles. The molecular weight excluding hydrogens is 337 g/mol. The summed E-state index contributed by atoms with van der Waals surface area (Å²) in [6, 6.07) is 6.00. The fraction of sp³-hybridized carbons (Fsp3) is 0.579. The first-order valence-electron chi connectivity index (χ1n) is 9.31. The first kappa shape index (κ1) is 17.3. The lowest BCUT2D eigenvalue weighted by molar-refractivity contribution is -0.137. The fourth-order valence-electron chi connectivity index (χ4n) is 4.19. The van der Waals surface area contributed by atoms with Crippen molar-refractivity contribution in [2.45, 2.75) is 38.0 Å². The predicted octanol–water partition coefficient (Wildman–Crippen LogP) is 1.75. The van der Waals surface area contributed by atoms with E-state index in [-0.39, 0.29) is 42.4 Å². The number of hydrogen-bond donors (Lipinski definition) is 1. The number of hydrogen-bond acceptors (Lipinski definition) is 3. The number of nitrogens with zero attached hydrogens (tertiary/aromatic N) is 2. The van der Waals surface area contributed by atoms with Gasteiger partial charge in [-0.1, -0.05) is 12.1 Å². The second kappa shape index (κ2) is 7.23. The van der Waals surface area contributed by atoms with E-state index in [0.29, 0.717) is 19.5 Å². The Morgan fingerprint density at radius 3 is 2.77 bits per heavy atom. The van der Waals surface area contributed by atoms with E-state index in [9.17, 15) is 14.0 Å². The van der Waals surface area contributed by atoms with Gasteiger partial charge in [-0.25, -0.2) is 9.18 Å². The molecule has 0 spiro atoms. The highest BCUT2D eigenvalue weighted by atomic mass is 19.1. The number of carbonyl (C=O) groups is 2. The SMILES string of the molecule is O=C(NCc1cccc(F)c1)N1CC2CC(C(=O)N3CCCC3)C(C1)O2. The molecule has 3 amide bonds. The van der Waals surface area contributed by atoms with Crippen molar-refractivity contribution in [3.63, 3.8) is 0 Å². The minimum atomic E-state index is -0.315. The van der Waals surface area contributed by atoms with Crippen molar-refractivity contribution in [1.82, 2.24) is 15.1 Å². The number of likely N-dealkylation sites (tertiary alicyclic amines) is 2. The third kappa shape index (κ3) is 3.53. The lowest BCUT2D eigenvalue weighted by atomic mass is 9.99. The molecule has 26 heavy (non-hydrogen) atoms. The van der Waals surface area contributed by atoms with Crippen LogP contribution in [0.3, 0.4) is 0 Å². The average molecular weight is 361 g/mol. The van der Waals surface area contributed by atoms with Crippen molar-refractivity contribution in [3.05, 3.63) is 35.6 Å². The van der Waals surface area contributed by atoms with Gasteiger partial charge in [0.15, 0.2) is 0 Å². The third-order valence-electron chi connectivity index (χ3n) is 5.51. The number of rotatable bonds is 3. The van der Waals surface area contributed by atoms with Crippen molar-refractivity contribution in [2.24, 2.45) is 5.92 Å². The summed E-state index contributed by atoms with van der Waals surface area (Å²) in [7, 11) is 0. The van der Waals surface area contributed by atoms with Gasteiger partial charge >= 0.3 is 6.03 Å². The molecule has 0 radical (unpaired) electrons. The number of carbonyl (C=O) groups excluding carboxylic acids is 2. The zero-order valence-corrected chi connectivity index (χ0v) is 14.7. The van der Waals surface area contributed by atoms with E-state index < -0.39 is 0 Å². The second-order valence-corrected chi connectivity index (χ2v) is 7.36. The van der Waals surface area contributed by atoms with Crippen LogP contribution in [0.5, 0.6) is 0 Å². The molecule has 2 bridgehead atoms. The van der Waals surface area contributed by atoms with Gasteiger partial charge in [-0.15, -0.1) is 0 Å². The zero-order valence-electron chi connectivity index (χ0n) is 14.7. The molecule has 3 aliphatic heterocycles. The van der Waals surface area contributed by atoms with Crippen molar-refractivity contribution < 1.29 is 18.7 Å². The van der Waals surface area contributed by atoms with Crippen LogP contribution in [0.2, 0.25) is 0 Å². The fourth-order valence-corrected chi connectivity index (χ4v) is 4.19. The Bertz CT molecular complexity index is 692. The molecule has 6 nitrogen and oxygen atoms in total. The smallest absolute Gasteiger partial charge is 0.317 e. The summed E-state index contributed by atoms with van der Waals surface area (Å²) >= 11 is 0. The van der Waals surface area contributed by atoms with Crippen LogP contribution < -0.4 is 5.32 Å². The summed E-state index contributed by atoms with van der Waals surface area (Å²) in [6.07, 6.45) is 2.53. The Kier molecular flexibility index (Phi) is 4.80. The molecule has 7 heteroatoms. The standard InChI is InChI=1S/C19H24FN3O3/c20-14-5-3-4-13(8-14)10-21-19(25)23-11-15-9-16(17(12-23)26-15)18(24)22-6-1-2-7-22/h3-5,8,15-17H,1-2,6-7,9-12H2,(H,21,25). The van der Waals surface area contributed by atoms with E-state index in [1.165, 1.54) is 12.1 Å². The number of amides is 3. The van der Waals surface area contributed by atoms with Crippen LogP contribution in [0, 0.1) is 11.7 Å². The Morgan fingerprint density at radius 1 is 1.19 bits per heavy atom. The quantitative estimate of drug-likeness (QED) is 0.892. The Labute approximate surface area is 152 Å². The van der Waals surface area contributed by atoms with Gasteiger partial charge in [0.1, 0.15) is 5.82 Å². The van der Waals surface area contributed by atoms with Gasteiger partial charge in [0.25, 0.3) is 0 Å². The number of benzene rings is 1. The Hall–Kier alpha value is -2.15. The topological polar surface area (TPSA) is 61.9 Å². The molecule has 0 aliphatic carbocycles. The van der Waals surface area contributed by atoms with Crippen LogP contribution in [-0.4, -0.2) is 60.1 Å². The van der Waals surface area contributed by atoms with Crippen molar-refractivity contribution in [1.29, 1.82) is 0 Å². The number of fused-ring (bicyclic) bond motifs is 2. The largest absolute Gasteiger partial charge is 0.370 e. The number of morpholine rings is 1. The van der Waals surface area contributed by atoms with Crippen LogP contribution >= 0.6 is 0 Å². The maximum Gasteiger partial charge on any atom is 0.317 e. The van der Waals surface area contributed by atoms with E-state index in [1.807, 2.05) is 4.90 Å². The second-order valence-electron chi connectivity index (χ2n) is 7.36. The highest BCUT2D eigenvalue weighted by Crippen LogP contribution is 2.34. The number of halogens is 1. The monoisotopic (exact) mass is 361 g/mol. The maximum atomic E-state index is 13.2. The molecule has 1 N–H and O–H groups in total. The normalized spacial score (nSPS) is 27.7. The zero-order chi connectivity index (χ0) is 18.1. The molecule has 3 heterocycles. The van der Waals surface area contributed by atoms with Gasteiger partial charge < -0.3 is 19.9 Å². The average Bonchev–Trinajstić information content (AvgIpc) is 3.27. The Balaban J connectivity index is 1.33. The van der Waals surface area contributed by atoms with Crippen LogP contribution in [0.15, 0.2) is 24.3 Å². The lowest BCUT2D eigenvalue weighted by Crippen LogP contribution is -2.51. The van der Waals surface area contributed by atoms with E-state index >= 15 is 0 Å². The highest BCUT2D eigenvalue weighted by molar-refractivity contribution is 5.80. The summed E-state index contributed by atoms with van der Waals surface area (Å²) in [5.74, 6) is -0.277. The van der Waals surface area contributed by atoms with Crippen molar-refractivity contribution >= 4 is 11.9 Å². The summed E-state index contributed by atoms with van der Waals surface area (Å²) in [4.78, 5) is 28.8. The van der Waals surface area contributed by atoms with Gasteiger partial charge in [-0.2, -0.15) is 0 Å². The summed E-state index contributed by atoms with van der Waals surface area (Å²) in [5, 5.41) is 2.83. The molecule has 3 aliphatic rings. The maximum absolute atomic E-state index is 13.2. The van der Waals surface area contributed by atoms with Crippen LogP contribution in [0.1, 0.15) is 24.8 Å². The van der Waals surface area contributed by atoms with Gasteiger partial charge in [-0.3, -0.25) is 4.79 Å². The highest BCUT2D eigenvalue weighted by Gasteiger charge is 2.47. The van der Waals surface area contributed by atoms with E-state index in [4.69, 9.17) is 4.74 Å². The Morgan fingerprint density at radius 2 is 2.00 bits per heavy atom. The molecule has 1 aromatic rings. The summed E-state index contributed by atoms with van der Waals surface area (Å²) < 4.78 is 19.2. The minimum Gasteiger partial charge on any atom is -0.370 e. The van der Waals surface area contributed by atoms with E-state index in [1.54, 1.807) is 17.0 Å². The van der Waals surface area contributed by atoms with Crippen LogP contribution in [0.25, 0.3) is 0 Å². The van der Waals surface area contributed by atoms with Crippen molar-refractivity contribution in [3.8, 4) is 0 Å². The molecule has 3 unspecified atom stereocenters. The first-order chi connectivity index (χ1) is 12.6. The van der Waals surface area contributed by atoms with Gasteiger partial charge in [0.05, 0.1) is 18.1 Å². The van der Waals surface area contributed by atoms with Gasteiger partial charge in [0.2, 0.25) is 5.91 Å². The number of nitrogens with one attached hydrogen (secondary N) is 1. The molecular formula is C19H24FN3O3. The lowest BCUT2D eigenvalue weighted by Gasteiger charge is -2.33. The molecule has 1 aromatic carbocycles. The molecule has 0 aromatic heterocycles. The molecule has 3 fully saturated rings. The predicted molar refractivity (Wildman–Crippen MR) is 92.8 cm³/mol. The minimum absolute atomic E-state index is 0.0785. The molecule has 3 atom stereocenters. The van der Waals surface area contributed by atoms with Crippen LogP contribution in [0.4, 0.5) is 9.18 Å². The number of ether oxygens (including phenoxy) is 1. The van der Waals surface area contributed by atoms with E-state index in [0.717, 1.165) is 31.5 Å². The molecule has 140 valence electrons. The summed E-state index contributed by atoms with van der Waals surface area (Å²) in [6.45, 7) is 2.87. The third-order valence-corrected chi connectivity index (χ3v) is 5.51. The van der Waals surface area contributed by atoms with Gasteiger partial charge in [-0.05, 0) is 37.0 Å². The van der Waals surface area contributed by atoms with Crippen LogP contribution in [-0.2, 0) is 16.1 Å². The van der Waals surface area contributed by atoms with E-state index in [2.05, 4.69) is 5.32 Å². The summed E-state index contributed by atoms with van der Waals surface area (Å²) in [5.41, 5.74) is 0.719. The molecule has 4 rings (SSSR count).